The Morgan fingerprint density at radius 3 is 2.86 bits per heavy atom. The zero-order chi connectivity index (χ0) is 15.3. The van der Waals surface area contributed by atoms with Gasteiger partial charge in [0.1, 0.15) is 5.82 Å². The monoisotopic (exact) mass is 314 g/mol. The van der Waals surface area contributed by atoms with E-state index in [1.807, 2.05) is 35.8 Å². The standard InChI is InChI=1S/C16H18N4OS/c1-9-18-19-16(22)20(9)11-5-2-4-10(8-11)17-15(21)14-12-6-3-7-13(12)14/h2,4-5,8,12-14H,3,6-7H2,1H3,(H,17,21)(H,19,22)/t12-,13+,14?. The van der Waals surface area contributed by atoms with Crippen LogP contribution >= 0.6 is 12.2 Å². The van der Waals surface area contributed by atoms with Crippen LogP contribution in [0.2, 0.25) is 0 Å². The minimum atomic E-state index is 0.166. The quantitative estimate of drug-likeness (QED) is 0.855. The number of nitrogens with zero attached hydrogens (tertiary/aromatic N) is 2. The van der Waals surface area contributed by atoms with Gasteiger partial charge in [0, 0.05) is 11.6 Å². The summed E-state index contributed by atoms with van der Waals surface area (Å²) in [5, 5.41) is 9.95. The fourth-order valence-electron chi connectivity index (χ4n) is 3.84. The molecule has 0 saturated heterocycles. The second-order valence-electron chi connectivity index (χ2n) is 6.24. The van der Waals surface area contributed by atoms with E-state index >= 15 is 0 Å². The summed E-state index contributed by atoms with van der Waals surface area (Å²) >= 11 is 5.25. The second-order valence-corrected chi connectivity index (χ2v) is 6.62. The van der Waals surface area contributed by atoms with Crippen molar-refractivity contribution in [2.45, 2.75) is 26.2 Å². The van der Waals surface area contributed by atoms with Crippen molar-refractivity contribution in [2.75, 3.05) is 5.32 Å². The Bertz CT molecular complexity index is 783. The SMILES string of the molecule is Cc1n[nH]c(=S)n1-c1cccc(NC(=O)C2[C@H]3CCC[C@@H]23)c1. The lowest BCUT2D eigenvalue weighted by atomic mass is 10.1. The number of hydrogen-bond acceptors (Lipinski definition) is 3. The van der Waals surface area contributed by atoms with Gasteiger partial charge in [0.15, 0.2) is 4.77 Å². The number of amides is 1. The third-order valence-corrected chi connectivity index (χ3v) is 5.20. The van der Waals surface area contributed by atoms with Crippen LogP contribution in [-0.2, 0) is 4.79 Å². The molecule has 4 rings (SSSR count). The maximum Gasteiger partial charge on any atom is 0.228 e. The predicted molar refractivity (Wildman–Crippen MR) is 86.4 cm³/mol. The number of hydrogen-bond donors (Lipinski definition) is 2. The van der Waals surface area contributed by atoms with Crippen LogP contribution in [0.1, 0.15) is 25.1 Å². The smallest absolute Gasteiger partial charge is 0.228 e. The number of benzene rings is 1. The molecule has 2 N–H and O–H groups in total. The molecule has 1 unspecified atom stereocenters. The molecule has 2 aliphatic rings. The summed E-state index contributed by atoms with van der Waals surface area (Å²) in [4.78, 5) is 12.4. The van der Waals surface area contributed by atoms with Crippen LogP contribution in [0, 0.1) is 29.4 Å². The molecular weight excluding hydrogens is 296 g/mol. The second kappa shape index (κ2) is 5.05. The van der Waals surface area contributed by atoms with Gasteiger partial charge in [0.25, 0.3) is 0 Å². The van der Waals surface area contributed by atoms with Gasteiger partial charge in [0.05, 0.1) is 5.69 Å². The van der Waals surface area contributed by atoms with Gasteiger partial charge < -0.3 is 5.32 Å². The van der Waals surface area contributed by atoms with Crippen molar-refractivity contribution in [3.8, 4) is 5.69 Å². The zero-order valence-electron chi connectivity index (χ0n) is 12.4. The Hall–Kier alpha value is -1.95. The zero-order valence-corrected chi connectivity index (χ0v) is 13.2. The van der Waals surface area contributed by atoms with Crippen LogP contribution in [0.25, 0.3) is 5.69 Å². The number of H-pyrrole nitrogens is 1. The molecule has 1 aromatic heterocycles. The van der Waals surface area contributed by atoms with Gasteiger partial charge >= 0.3 is 0 Å². The van der Waals surface area contributed by atoms with E-state index in [4.69, 9.17) is 12.2 Å². The lowest BCUT2D eigenvalue weighted by Gasteiger charge is -2.09. The minimum Gasteiger partial charge on any atom is -0.326 e. The van der Waals surface area contributed by atoms with Crippen LogP contribution < -0.4 is 5.32 Å². The molecule has 2 fully saturated rings. The minimum absolute atomic E-state index is 0.166. The average Bonchev–Trinajstić information content (AvgIpc) is 2.81. The molecule has 1 heterocycles. The number of rotatable bonds is 3. The number of nitrogens with one attached hydrogen (secondary N) is 2. The Morgan fingerprint density at radius 1 is 1.41 bits per heavy atom. The molecule has 2 aromatic rings. The molecule has 0 bridgehead atoms. The van der Waals surface area contributed by atoms with E-state index in [0.717, 1.165) is 17.2 Å². The summed E-state index contributed by atoms with van der Waals surface area (Å²) in [7, 11) is 0. The fraction of sp³-hybridized carbons (Fsp3) is 0.438. The molecule has 0 spiro atoms. The van der Waals surface area contributed by atoms with Gasteiger partial charge in [-0.2, -0.15) is 5.10 Å². The predicted octanol–water partition coefficient (Wildman–Crippen LogP) is 3.22. The van der Waals surface area contributed by atoms with E-state index in [-0.39, 0.29) is 11.8 Å². The van der Waals surface area contributed by atoms with E-state index in [1.165, 1.54) is 19.3 Å². The third kappa shape index (κ3) is 2.18. The van der Waals surface area contributed by atoms with Crippen LogP contribution in [0.3, 0.4) is 0 Å². The average molecular weight is 314 g/mol. The molecule has 2 aliphatic carbocycles. The van der Waals surface area contributed by atoms with E-state index in [9.17, 15) is 4.79 Å². The molecule has 22 heavy (non-hydrogen) atoms. The highest BCUT2D eigenvalue weighted by Crippen LogP contribution is 2.57. The molecule has 114 valence electrons. The van der Waals surface area contributed by atoms with E-state index < -0.39 is 0 Å². The number of carbonyl (C=O) groups is 1. The van der Waals surface area contributed by atoms with E-state index in [0.29, 0.717) is 16.6 Å². The van der Waals surface area contributed by atoms with Crippen molar-refractivity contribution in [3.05, 3.63) is 34.9 Å². The Morgan fingerprint density at radius 2 is 2.18 bits per heavy atom. The lowest BCUT2D eigenvalue weighted by molar-refractivity contribution is -0.118. The number of aryl methyl sites for hydroxylation is 1. The van der Waals surface area contributed by atoms with Gasteiger partial charge in [0.2, 0.25) is 5.91 Å². The van der Waals surface area contributed by atoms with E-state index in [1.54, 1.807) is 0 Å². The topological polar surface area (TPSA) is 62.7 Å². The summed E-state index contributed by atoms with van der Waals surface area (Å²) in [6, 6.07) is 7.74. The van der Waals surface area contributed by atoms with Crippen LogP contribution in [-0.4, -0.2) is 20.7 Å². The number of fused-ring (bicyclic) bond motifs is 1. The first-order chi connectivity index (χ1) is 10.6. The van der Waals surface area contributed by atoms with Crippen LogP contribution in [0.5, 0.6) is 0 Å². The molecule has 6 heteroatoms. The normalized spacial score (nSPS) is 25.8. The maximum atomic E-state index is 12.4. The highest BCUT2D eigenvalue weighted by atomic mass is 32.1. The molecule has 0 aliphatic heterocycles. The lowest BCUT2D eigenvalue weighted by Crippen LogP contribution is -2.16. The van der Waals surface area contributed by atoms with Gasteiger partial charge in [-0.3, -0.25) is 14.5 Å². The summed E-state index contributed by atoms with van der Waals surface area (Å²) in [6.45, 7) is 1.89. The molecule has 3 atom stereocenters. The Kier molecular flexibility index (Phi) is 3.14. The first-order valence-electron chi connectivity index (χ1n) is 7.70. The largest absolute Gasteiger partial charge is 0.326 e. The number of carbonyl (C=O) groups excluding carboxylic acids is 1. The van der Waals surface area contributed by atoms with E-state index in [2.05, 4.69) is 15.5 Å². The Labute approximate surface area is 133 Å². The highest BCUT2D eigenvalue weighted by molar-refractivity contribution is 7.71. The maximum absolute atomic E-state index is 12.4. The summed E-state index contributed by atoms with van der Waals surface area (Å²) in [6.07, 6.45) is 3.71. The van der Waals surface area contributed by atoms with Crippen LogP contribution in [0.4, 0.5) is 5.69 Å². The summed E-state index contributed by atoms with van der Waals surface area (Å²) < 4.78 is 2.41. The molecule has 1 aromatic carbocycles. The van der Waals surface area contributed by atoms with Crippen LogP contribution in [0.15, 0.2) is 24.3 Å². The third-order valence-electron chi connectivity index (χ3n) is 4.92. The molecule has 5 nitrogen and oxygen atoms in total. The van der Waals surface area contributed by atoms with Crippen molar-refractivity contribution in [3.63, 3.8) is 0 Å². The summed E-state index contributed by atoms with van der Waals surface area (Å²) in [5.74, 6) is 2.46. The van der Waals surface area contributed by atoms with Crippen molar-refractivity contribution < 1.29 is 4.79 Å². The first-order valence-corrected chi connectivity index (χ1v) is 8.11. The molecule has 1 amide bonds. The van der Waals surface area contributed by atoms with Gasteiger partial charge in [-0.1, -0.05) is 12.5 Å². The molecule has 0 radical (unpaired) electrons. The van der Waals surface area contributed by atoms with Crippen molar-refractivity contribution in [2.24, 2.45) is 17.8 Å². The fourth-order valence-corrected chi connectivity index (χ4v) is 4.12. The van der Waals surface area contributed by atoms with Gasteiger partial charge in [-0.05, 0) is 62.0 Å². The van der Waals surface area contributed by atoms with Crippen molar-refractivity contribution in [1.29, 1.82) is 0 Å². The Balaban J connectivity index is 1.55. The highest BCUT2D eigenvalue weighted by Gasteiger charge is 2.56. The number of aromatic amines is 1. The number of anilines is 1. The molecular formula is C16H18N4OS. The van der Waals surface area contributed by atoms with Crippen molar-refractivity contribution in [1.82, 2.24) is 14.8 Å². The van der Waals surface area contributed by atoms with Crippen molar-refractivity contribution >= 4 is 23.8 Å². The first kappa shape index (κ1) is 13.7. The molecule has 2 saturated carbocycles. The van der Waals surface area contributed by atoms with Gasteiger partial charge in [-0.25, -0.2) is 0 Å². The number of aromatic nitrogens is 3. The summed E-state index contributed by atoms with van der Waals surface area (Å²) in [5.41, 5.74) is 1.72. The van der Waals surface area contributed by atoms with Gasteiger partial charge in [-0.15, -0.1) is 0 Å².